The summed E-state index contributed by atoms with van der Waals surface area (Å²) in [7, 11) is -10.4. The molecule has 1 heterocycles. The fourth-order valence-corrected chi connectivity index (χ4v) is 3.13. The lowest BCUT2D eigenvalue weighted by molar-refractivity contribution is -0.712. The van der Waals surface area contributed by atoms with Crippen LogP contribution in [0.1, 0.15) is 0 Å². The van der Waals surface area contributed by atoms with Gasteiger partial charge in [0.1, 0.15) is 13.2 Å². The number of quaternary nitrogens is 1. The van der Waals surface area contributed by atoms with Crippen LogP contribution in [0, 0.1) is 5.21 Å². The second kappa shape index (κ2) is 6.29. The third-order valence-electron chi connectivity index (χ3n) is 2.76. The van der Waals surface area contributed by atoms with Crippen LogP contribution >= 0.6 is 0 Å². The van der Waals surface area contributed by atoms with Crippen molar-refractivity contribution in [2.45, 2.75) is 10.4 Å². The summed E-state index contributed by atoms with van der Waals surface area (Å²) in [6.45, 7) is -2.32. The van der Waals surface area contributed by atoms with E-state index in [0.29, 0.717) is 11.0 Å². The summed E-state index contributed by atoms with van der Waals surface area (Å²) < 4.78 is 88.7. The molecule has 1 atom stereocenters. The Labute approximate surface area is 133 Å². The number of hydrogen-bond donors (Lipinski definition) is 1. The zero-order valence-electron chi connectivity index (χ0n) is 11.5. The predicted octanol–water partition coefficient (Wildman–Crippen LogP) is -0.235. The average Bonchev–Trinajstić information content (AvgIpc) is 2.93. The molecule has 9 nitrogen and oxygen atoms in total. The molecule has 0 radical (unpaired) electrons. The molecule has 2 rings (SSSR count). The molecule has 0 saturated carbocycles. The number of hydrogen-bond acceptors (Lipinski definition) is 8. The maximum absolute atomic E-state index is 12.1. The van der Waals surface area contributed by atoms with Crippen LogP contribution in [0.3, 0.4) is 0 Å². The van der Waals surface area contributed by atoms with Crippen LogP contribution in [-0.4, -0.2) is 40.7 Å². The molecule has 0 saturated heterocycles. The third kappa shape index (κ3) is 3.67. The fraction of sp³-hybridized carbons (Fsp3) is 0.300. The second-order valence-corrected chi connectivity index (χ2v) is 7.91. The highest BCUT2D eigenvalue weighted by molar-refractivity contribution is 7.86. The number of hydroxylamine groups is 1. The molecule has 1 aromatic carbocycles. The standard InChI is InChI=1S/C10H9F3N2O7S2/c11-10(12,13)24(19,20)15(16)3-4-21-23(17,18)8-1-2-9-7(5-8)6-14-22-9/h1-2,5-6,15H,3-4H2. The van der Waals surface area contributed by atoms with Gasteiger partial charge in [-0.05, 0) is 18.2 Å². The van der Waals surface area contributed by atoms with E-state index in [1.807, 2.05) is 0 Å². The van der Waals surface area contributed by atoms with Crippen molar-refractivity contribution in [1.82, 2.24) is 5.16 Å². The molecule has 1 N–H and O–H groups in total. The van der Waals surface area contributed by atoms with E-state index < -0.39 is 43.3 Å². The number of sulfonamides is 1. The van der Waals surface area contributed by atoms with Crippen LogP contribution in [0.25, 0.3) is 11.0 Å². The van der Waals surface area contributed by atoms with Crippen molar-refractivity contribution in [3.63, 3.8) is 0 Å². The van der Waals surface area contributed by atoms with Gasteiger partial charge in [-0.25, -0.2) is 0 Å². The number of aromatic nitrogens is 1. The number of halogens is 3. The normalized spacial score (nSPS) is 14.8. The minimum atomic E-state index is -6.01. The summed E-state index contributed by atoms with van der Waals surface area (Å²) in [6.07, 6.45) is 1.23. The molecule has 24 heavy (non-hydrogen) atoms. The van der Waals surface area contributed by atoms with Crippen LogP contribution in [0.4, 0.5) is 13.2 Å². The summed E-state index contributed by atoms with van der Waals surface area (Å²) in [4.78, 5) is -0.357. The summed E-state index contributed by atoms with van der Waals surface area (Å²) in [5.74, 6) is 0. The minimum absolute atomic E-state index is 0.292. The molecule has 0 aliphatic carbocycles. The van der Waals surface area contributed by atoms with Crippen molar-refractivity contribution in [2.75, 3.05) is 13.2 Å². The highest BCUT2D eigenvalue weighted by atomic mass is 32.2. The van der Waals surface area contributed by atoms with Gasteiger partial charge in [0.2, 0.25) is 0 Å². The van der Waals surface area contributed by atoms with Gasteiger partial charge < -0.3 is 9.73 Å². The molecular weight excluding hydrogens is 381 g/mol. The number of nitrogens with zero attached hydrogens (tertiary/aromatic N) is 1. The SMILES string of the molecule is O=S(=O)(OCC[NH+]([O-])S(=O)(=O)C(F)(F)F)c1ccc2oncc2c1. The Morgan fingerprint density at radius 2 is 1.92 bits per heavy atom. The molecule has 0 amide bonds. The van der Waals surface area contributed by atoms with E-state index in [-0.39, 0.29) is 4.90 Å². The van der Waals surface area contributed by atoms with Gasteiger partial charge in [-0.15, -0.1) is 0 Å². The highest BCUT2D eigenvalue weighted by Gasteiger charge is 2.51. The molecule has 14 heteroatoms. The smallest absolute Gasteiger partial charge is 0.549 e. The maximum Gasteiger partial charge on any atom is 0.549 e. The van der Waals surface area contributed by atoms with E-state index in [0.717, 1.165) is 12.1 Å². The topological polar surface area (TPSA) is 131 Å². The van der Waals surface area contributed by atoms with E-state index in [9.17, 15) is 35.2 Å². The van der Waals surface area contributed by atoms with E-state index in [4.69, 9.17) is 4.52 Å². The largest absolute Gasteiger partial charge is 0.618 e. The number of fused-ring (bicyclic) bond motifs is 1. The molecule has 1 aromatic heterocycles. The zero-order valence-corrected chi connectivity index (χ0v) is 13.1. The zero-order chi connectivity index (χ0) is 18.2. The molecule has 0 fully saturated rings. The number of nitrogens with one attached hydrogen (secondary N) is 1. The Kier molecular flexibility index (Phi) is 4.87. The maximum atomic E-state index is 12.1. The fourth-order valence-electron chi connectivity index (χ4n) is 1.57. The summed E-state index contributed by atoms with van der Waals surface area (Å²) in [5, 5.41) is 14.8. The lowest BCUT2D eigenvalue weighted by Crippen LogP contribution is -3.11. The van der Waals surface area contributed by atoms with Crippen molar-refractivity contribution in [3.05, 3.63) is 29.6 Å². The molecular formula is C10H9F3N2O7S2. The van der Waals surface area contributed by atoms with Gasteiger partial charge in [0.15, 0.2) is 5.58 Å². The Balaban J connectivity index is 2.05. The predicted molar refractivity (Wildman–Crippen MR) is 71.3 cm³/mol. The quantitative estimate of drug-likeness (QED) is 0.528. The second-order valence-electron chi connectivity index (χ2n) is 4.37. The summed E-state index contributed by atoms with van der Waals surface area (Å²) in [6, 6.07) is 3.50. The van der Waals surface area contributed by atoms with Gasteiger partial charge in [-0.3, -0.25) is 8.65 Å². The molecule has 0 aliphatic rings. The third-order valence-corrected chi connectivity index (χ3v) is 5.48. The lowest BCUT2D eigenvalue weighted by Gasteiger charge is -2.21. The Morgan fingerprint density at radius 1 is 1.25 bits per heavy atom. The number of rotatable bonds is 6. The van der Waals surface area contributed by atoms with Gasteiger partial charge >= 0.3 is 15.5 Å². The van der Waals surface area contributed by atoms with Gasteiger partial charge in [0.25, 0.3) is 10.1 Å². The van der Waals surface area contributed by atoms with Crippen molar-refractivity contribution >= 4 is 31.1 Å². The highest BCUT2D eigenvalue weighted by Crippen LogP contribution is 2.20. The van der Waals surface area contributed by atoms with Crippen molar-refractivity contribution in [2.24, 2.45) is 0 Å². The Hall–Kier alpha value is -1.74. The molecule has 134 valence electrons. The van der Waals surface area contributed by atoms with E-state index >= 15 is 0 Å². The Bertz CT molecular complexity index is 937. The first kappa shape index (κ1) is 18.6. The van der Waals surface area contributed by atoms with Crippen molar-refractivity contribution in [1.29, 1.82) is 0 Å². The van der Waals surface area contributed by atoms with Gasteiger partial charge in [-0.2, -0.15) is 30.0 Å². The first-order valence-electron chi connectivity index (χ1n) is 6.03. The van der Waals surface area contributed by atoms with E-state index in [1.54, 1.807) is 0 Å². The van der Waals surface area contributed by atoms with Crippen molar-refractivity contribution < 1.29 is 43.2 Å². The molecule has 0 bridgehead atoms. The first-order valence-corrected chi connectivity index (χ1v) is 8.92. The number of benzene rings is 1. The summed E-state index contributed by atoms with van der Waals surface area (Å²) in [5.41, 5.74) is -5.46. The molecule has 0 aliphatic heterocycles. The van der Waals surface area contributed by atoms with Crippen LogP contribution in [0.5, 0.6) is 0 Å². The molecule has 1 unspecified atom stereocenters. The van der Waals surface area contributed by atoms with Crippen molar-refractivity contribution in [3.8, 4) is 0 Å². The first-order chi connectivity index (χ1) is 10.9. The molecule has 0 spiro atoms. The van der Waals surface area contributed by atoms with Crippen LogP contribution in [0.2, 0.25) is 0 Å². The summed E-state index contributed by atoms with van der Waals surface area (Å²) >= 11 is 0. The van der Waals surface area contributed by atoms with Crippen LogP contribution in [0.15, 0.2) is 33.8 Å². The average molecular weight is 390 g/mol. The molecule has 2 aromatic rings. The Morgan fingerprint density at radius 3 is 2.54 bits per heavy atom. The van der Waals surface area contributed by atoms with E-state index in [2.05, 4.69) is 9.34 Å². The van der Waals surface area contributed by atoms with E-state index in [1.165, 1.54) is 12.3 Å². The van der Waals surface area contributed by atoms with Crippen LogP contribution < -0.4 is 4.47 Å². The van der Waals surface area contributed by atoms with Gasteiger partial charge in [0.05, 0.1) is 11.1 Å². The van der Waals surface area contributed by atoms with Gasteiger partial charge in [0, 0.05) is 5.39 Å². The monoisotopic (exact) mass is 390 g/mol. The lowest BCUT2D eigenvalue weighted by atomic mass is 10.3. The number of alkyl halides is 3. The minimum Gasteiger partial charge on any atom is -0.618 e. The van der Waals surface area contributed by atoms with Crippen LogP contribution in [-0.2, 0) is 24.3 Å². The van der Waals surface area contributed by atoms with Gasteiger partial charge in [-0.1, -0.05) is 5.16 Å².